The van der Waals surface area contributed by atoms with Gasteiger partial charge in [0.25, 0.3) is 5.69 Å². The Balaban J connectivity index is 0.00000300. The van der Waals surface area contributed by atoms with E-state index >= 15 is 0 Å². The Morgan fingerprint density at radius 2 is 1.93 bits per heavy atom. The Morgan fingerprint density at radius 3 is 2.66 bits per heavy atom. The van der Waals surface area contributed by atoms with Crippen molar-refractivity contribution in [1.29, 1.82) is 0 Å². The molecule has 0 radical (unpaired) electrons. The summed E-state index contributed by atoms with van der Waals surface area (Å²) >= 11 is 0. The molecule has 158 valence electrons. The van der Waals surface area contributed by atoms with Gasteiger partial charge in [0.15, 0.2) is 0 Å². The van der Waals surface area contributed by atoms with Gasteiger partial charge >= 0.3 is 0 Å². The van der Waals surface area contributed by atoms with Crippen LogP contribution in [-0.4, -0.2) is 37.9 Å². The minimum atomic E-state index is -3.47. The molecular weight excluding hydrogens is 414 g/mol. The Labute approximate surface area is 177 Å². The van der Waals surface area contributed by atoms with E-state index in [1.165, 1.54) is 5.56 Å². The number of nitrogens with zero attached hydrogens (tertiary/aromatic N) is 2. The minimum Gasteiger partial charge on any atom is -0.299 e. The molecule has 1 N–H and O–H groups in total. The third kappa shape index (κ3) is 6.24. The van der Waals surface area contributed by atoms with Crippen molar-refractivity contribution < 1.29 is 13.3 Å². The number of benzene rings is 2. The first kappa shape index (κ1) is 23.3. The van der Waals surface area contributed by atoms with Crippen LogP contribution >= 0.6 is 12.4 Å². The molecule has 0 atom stereocenters. The highest BCUT2D eigenvalue weighted by Gasteiger charge is 2.19. The maximum Gasteiger partial charge on any atom is 0.269 e. The van der Waals surface area contributed by atoms with E-state index in [1.54, 1.807) is 30.3 Å². The standard InChI is InChI=1S/C20H25N3O4S.ClH/c1-16-5-4-6-20(13-16)28(26,27)21-10-2-3-11-22-12-9-17-7-8-19(23(24)25)14-18(17)15-22;/h4-8,13-14,21H,2-3,9-12,15H2,1H3;1H. The highest BCUT2D eigenvalue weighted by molar-refractivity contribution is 7.89. The lowest BCUT2D eigenvalue weighted by atomic mass is 9.99. The average Bonchev–Trinajstić information content (AvgIpc) is 2.67. The van der Waals surface area contributed by atoms with E-state index in [0.717, 1.165) is 43.5 Å². The normalized spacial score (nSPS) is 14.1. The lowest BCUT2D eigenvalue weighted by Crippen LogP contribution is -2.32. The highest BCUT2D eigenvalue weighted by atomic mass is 35.5. The maximum absolute atomic E-state index is 12.3. The largest absolute Gasteiger partial charge is 0.299 e. The van der Waals surface area contributed by atoms with Gasteiger partial charge in [-0.1, -0.05) is 18.2 Å². The number of nitro benzene ring substituents is 1. The molecule has 0 saturated carbocycles. The van der Waals surface area contributed by atoms with Crippen molar-refractivity contribution in [2.24, 2.45) is 0 Å². The summed E-state index contributed by atoms with van der Waals surface area (Å²) in [6, 6.07) is 11.9. The van der Waals surface area contributed by atoms with Crippen LogP contribution < -0.4 is 4.72 Å². The molecule has 0 saturated heterocycles. The summed E-state index contributed by atoms with van der Waals surface area (Å²) in [5.41, 5.74) is 3.23. The van der Waals surface area contributed by atoms with E-state index in [9.17, 15) is 18.5 Å². The molecule has 7 nitrogen and oxygen atoms in total. The summed E-state index contributed by atoms with van der Waals surface area (Å²) in [5.74, 6) is 0. The van der Waals surface area contributed by atoms with Crippen molar-refractivity contribution in [3.63, 3.8) is 0 Å². The van der Waals surface area contributed by atoms with Crippen molar-refractivity contribution in [3.05, 3.63) is 69.3 Å². The fourth-order valence-electron chi connectivity index (χ4n) is 3.44. The van der Waals surface area contributed by atoms with E-state index in [2.05, 4.69) is 9.62 Å². The Morgan fingerprint density at radius 1 is 1.14 bits per heavy atom. The first-order valence-electron chi connectivity index (χ1n) is 9.40. The molecule has 0 fully saturated rings. The molecule has 1 aliphatic heterocycles. The molecular formula is C20H26ClN3O4S. The summed E-state index contributed by atoms with van der Waals surface area (Å²) in [6.07, 6.45) is 2.48. The fourth-order valence-corrected chi connectivity index (χ4v) is 4.62. The number of hydrogen-bond acceptors (Lipinski definition) is 5. The van der Waals surface area contributed by atoms with Crippen LogP contribution in [-0.2, 0) is 23.0 Å². The van der Waals surface area contributed by atoms with Gasteiger partial charge in [-0.2, -0.15) is 0 Å². The van der Waals surface area contributed by atoms with Gasteiger partial charge < -0.3 is 0 Å². The quantitative estimate of drug-likeness (QED) is 0.386. The van der Waals surface area contributed by atoms with Gasteiger partial charge in [-0.25, -0.2) is 13.1 Å². The second-order valence-corrected chi connectivity index (χ2v) is 8.92. The van der Waals surface area contributed by atoms with Crippen molar-refractivity contribution in [2.45, 2.75) is 37.6 Å². The highest BCUT2D eigenvalue weighted by Crippen LogP contribution is 2.24. The number of sulfonamides is 1. The number of nitro groups is 1. The molecule has 1 heterocycles. The Hall–Kier alpha value is -2.00. The third-order valence-corrected chi connectivity index (χ3v) is 6.44. The number of non-ortho nitro benzene ring substituents is 1. The van der Waals surface area contributed by atoms with Gasteiger partial charge in [0, 0.05) is 31.8 Å². The van der Waals surface area contributed by atoms with Crippen molar-refractivity contribution >= 4 is 28.1 Å². The zero-order chi connectivity index (χ0) is 20.1. The maximum atomic E-state index is 12.3. The Kier molecular flexibility index (Phi) is 8.15. The molecule has 0 bridgehead atoms. The van der Waals surface area contributed by atoms with Crippen LogP contribution in [0.25, 0.3) is 0 Å². The number of halogens is 1. The van der Waals surface area contributed by atoms with Crippen LogP contribution in [0.4, 0.5) is 5.69 Å². The molecule has 1 aliphatic rings. The summed E-state index contributed by atoms with van der Waals surface area (Å²) in [4.78, 5) is 13.1. The van der Waals surface area contributed by atoms with Crippen molar-refractivity contribution in [2.75, 3.05) is 19.6 Å². The number of fused-ring (bicyclic) bond motifs is 1. The summed E-state index contributed by atoms with van der Waals surface area (Å²) < 4.78 is 27.2. The first-order chi connectivity index (χ1) is 13.3. The van der Waals surface area contributed by atoms with Gasteiger partial charge in [-0.15, -0.1) is 12.4 Å². The lowest BCUT2D eigenvalue weighted by Gasteiger charge is -2.28. The van der Waals surface area contributed by atoms with Gasteiger partial charge in [-0.05, 0) is 61.6 Å². The second kappa shape index (κ2) is 10.2. The van der Waals surface area contributed by atoms with Crippen LogP contribution in [0.5, 0.6) is 0 Å². The van der Waals surface area contributed by atoms with Crippen LogP contribution in [0, 0.1) is 17.0 Å². The van der Waals surface area contributed by atoms with Gasteiger partial charge in [0.1, 0.15) is 0 Å². The van der Waals surface area contributed by atoms with Crippen molar-refractivity contribution in [1.82, 2.24) is 9.62 Å². The molecule has 9 heteroatoms. The monoisotopic (exact) mass is 439 g/mol. The predicted molar refractivity (Wildman–Crippen MR) is 115 cm³/mol. The zero-order valence-electron chi connectivity index (χ0n) is 16.3. The molecule has 3 rings (SSSR count). The van der Waals surface area contributed by atoms with Crippen molar-refractivity contribution in [3.8, 4) is 0 Å². The SMILES string of the molecule is Cc1cccc(S(=O)(=O)NCCCCN2CCc3ccc([N+](=O)[O-])cc3C2)c1.Cl. The molecule has 0 spiro atoms. The molecule has 0 unspecified atom stereocenters. The van der Waals surface area contributed by atoms with Crippen LogP contribution in [0.3, 0.4) is 0 Å². The average molecular weight is 440 g/mol. The summed E-state index contributed by atoms with van der Waals surface area (Å²) in [6.45, 7) is 4.72. The smallest absolute Gasteiger partial charge is 0.269 e. The molecule has 29 heavy (non-hydrogen) atoms. The summed E-state index contributed by atoms with van der Waals surface area (Å²) in [5, 5.41) is 11.0. The molecule has 2 aromatic rings. The molecule has 0 aromatic heterocycles. The molecule has 0 aliphatic carbocycles. The molecule has 2 aromatic carbocycles. The van der Waals surface area contributed by atoms with Crippen LogP contribution in [0.2, 0.25) is 0 Å². The topological polar surface area (TPSA) is 92.6 Å². The molecule has 0 amide bonds. The van der Waals surface area contributed by atoms with E-state index in [-0.39, 0.29) is 23.0 Å². The van der Waals surface area contributed by atoms with E-state index in [1.807, 2.05) is 19.1 Å². The Bertz CT molecular complexity index is 966. The fraction of sp³-hybridized carbons (Fsp3) is 0.400. The van der Waals surface area contributed by atoms with Gasteiger partial charge in [-0.3, -0.25) is 15.0 Å². The van der Waals surface area contributed by atoms with E-state index in [0.29, 0.717) is 18.0 Å². The van der Waals surface area contributed by atoms with Crippen LogP contribution in [0.15, 0.2) is 47.4 Å². The van der Waals surface area contributed by atoms with E-state index in [4.69, 9.17) is 0 Å². The number of nitrogens with one attached hydrogen (secondary N) is 1. The zero-order valence-corrected chi connectivity index (χ0v) is 18.0. The minimum absolute atomic E-state index is 0. The van der Waals surface area contributed by atoms with Crippen LogP contribution in [0.1, 0.15) is 29.5 Å². The summed E-state index contributed by atoms with van der Waals surface area (Å²) in [7, 11) is -3.47. The second-order valence-electron chi connectivity index (χ2n) is 7.16. The van der Waals surface area contributed by atoms with Gasteiger partial charge in [0.05, 0.1) is 9.82 Å². The first-order valence-corrected chi connectivity index (χ1v) is 10.9. The van der Waals surface area contributed by atoms with E-state index < -0.39 is 10.0 Å². The number of rotatable bonds is 8. The lowest BCUT2D eigenvalue weighted by molar-refractivity contribution is -0.385. The number of hydrogen-bond donors (Lipinski definition) is 1. The third-order valence-electron chi connectivity index (χ3n) is 4.99. The predicted octanol–water partition coefficient (Wildman–Crippen LogP) is 3.44. The number of unbranched alkanes of at least 4 members (excludes halogenated alkanes) is 1. The van der Waals surface area contributed by atoms with Gasteiger partial charge in [0.2, 0.25) is 10.0 Å². The number of aryl methyl sites for hydroxylation is 1.